The highest BCUT2D eigenvalue weighted by molar-refractivity contribution is 6.39. The summed E-state index contributed by atoms with van der Waals surface area (Å²) in [6, 6.07) is 10.5. The minimum Gasteiger partial charge on any atom is -0.493 e. The summed E-state index contributed by atoms with van der Waals surface area (Å²) in [6.45, 7) is 0. The van der Waals surface area contributed by atoms with E-state index in [9.17, 15) is 14.0 Å². The molecule has 0 aliphatic rings. The Morgan fingerprint density at radius 1 is 1.04 bits per heavy atom. The Kier molecular flexibility index (Phi) is 6.05. The number of hydrogen-bond acceptors (Lipinski definition) is 5. The first-order valence-corrected chi connectivity index (χ1v) is 7.16. The number of benzene rings is 2. The van der Waals surface area contributed by atoms with Crippen molar-refractivity contribution < 1.29 is 23.5 Å². The van der Waals surface area contributed by atoms with E-state index in [0.717, 1.165) is 0 Å². The maximum Gasteiger partial charge on any atom is 0.329 e. The molecule has 0 saturated carbocycles. The number of para-hydroxylation sites is 1. The molecule has 0 heterocycles. The van der Waals surface area contributed by atoms with E-state index < -0.39 is 17.6 Å². The number of anilines is 1. The summed E-state index contributed by atoms with van der Waals surface area (Å²) in [5, 5.41) is 5.84. The van der Waals surface area contributed by atoms with Crippen molar-refractivity contribution in [3.63, 3.8) is 0 Å². The molecule has 0 radical (unpaired) electrons. The molecular formula is C17H16FN3O4. The van der Waals surface area contributed by atoms with Crippen molar-refractivity contribution in [3.8, 4) is 11.5 Å². The minimum atomic E-state index is -1.03. The van der Waals surface area contributed by atoms with Crippen LogP contribution in [0.5, 0.6) is 11.5 Å². The van der Waals surface area contributed by atoms with Crippen molar-refractivity contribution in [2.45, 2.75) is 0 Å². The Morgan fingerprint density at radius 2 is 1.76 bits per heavy atom. The second kappa shape index (κ2) is 8.44. The molecule has 0 bridgehead atoms. The topological polar surface area (TPSA) is 89.0 Å². The fraction of sp³-hybridized carbons (Fsp3) is 0.118. The van der Waals surface area contributed by atoms with E-state index in [1.165, 1.54) is 44.7 Å². The number of carbonyl (C=O) groups is 2. The van der Waals surface area contributed by atoms with E-state index >= 15 is 0 Å². The molecule has 0 aliphatic carbocycles. The molecule has 2 aromatic carbocycles. The van der Waals surface area contributed by atoms with Gasteiger partial charge in [0.2, 0.25) is 0 Å². The number of hydrogen-bond donors (Lipinski definition) is 2. The quantitative estimate of drug-likeness (QED) is 0.492. The van der Waals surface area contributed by atoms with Gasteiger partial charge in [-0.05, 0) is 35.9 Å². The summed E-state index contributed by atoms with van der Waals surface area (Å²) >= 11 is 0. The molecular weight excluding hydrogens is 329 g/mol. The van der Waals surface area contributed by atoms with Gasteiger partial charge in [-0.3, -0.25) is 9.59 Å². The van der Waals surface area contributed by atoms with Gasteiger partial charge in [-0.1, -0.05) is 12.1 Å². The lowest BCUT2D eigenvalue weighted by Crippen LogP contribution is -2.32. The number of halogens is 1. The standard InChI is InChI=1S/C17H16FN3O4/c1-24-14-8-7-11(9-15(14)25-2)10-19-21-17(23)16(22)20-13-6-4-3-5-12(13)18/h3-10H,1-2H3,(H,20,22)(H,21,23). The van der Waals surface area contributed by atoms with Crippen LogP contribution in [0.2, 0.25) is 0 Å². The average Bonchev–Trinajstić information content (AvgIpc) is 2.63. The largest absolute Gasteiger partial charge is 0.493 e. The minimum absolute atomic E-state index is 0.0912. The van der Waals surface area contributed by atoms with Crippen molar-refractivity contribution in [1.29, 1.82) is 0 Å². The van der Waals surface area contributed by atoms with Crippen LogP contribution < -0.4 is 20.2 Å². The summed E-state index contributed by atoms with van der Waals surface area (Å²) in [4.78, 5) is 23.4. The van der Waals surface area contributed by atoms with Crippen molar-refractivity contribution in [3.05, 3.63) is 53.8 Å². The third-order valence-corrected chi connectivity index (χ3v) is 3.12. The highest BCUT2D eigenvalue weighted by Crippen LogP contribution is 2.26. The van der Waals surface area contributed by atoms with Crippen LogP contribution in [-0.2, 0) is 9.59 Å². The maximum absolute atomic E-state index is 13.4. The van der Waals surface area contributed by atoms with Gasteiger partial charge in [0.05, 0.1) is 26.1 Å². The normalized spacial score (nSPS) is 10.4. The Morgan fingerprint density at radius 3 is 2.44 bits per heavy atom. The lowest BCUT2D eigenvalue weighted by Gasteiger charge is -2.07. The molecule has 0 fully saturated rings. The zero-order valence-corrected chi connectivity index (χ0v) is 13.6. The smallest absolute Gasteiger partial charge is 0.329 e. The van der Waals surface area contributed by atoms with E-state index in [0.29, 0.717) is 17.1 Å². The summed E-state index contributed by atoms with van der Waals surface area (Å²) in [5.74, 6) is -1.66. The van der Waals surface area contributed by atoms with Gasteiger partial charge >= 0.3 is 11.8 Å². The van der Waals surface area contributed by atoms with E-state index in [1.807, 2.05) is 0 Å². The third-order valence-electron chi connectivity index (χ3n) is 3.12. The van der Waals surface area contributed by atoms with Crippen molar-refractivity contribution in [2.75, 3.05) is 19.5 Å². The monoisotopic (exact) mass is 345 g/mol. The molecule has 2 N–H and O–H groups in total. The lowest BCUT2D eigenvalue weighted by molar-refractivity contribution is -0.136. The summed E-state index contributed by atoms with van der Waals surface area (Å²) < 4.78 is 23.7. The Balaban J connectivity index is 1.96. The van der Waals surface area contributed by atoms with Crippen molar-refractivity contribution in [2.24, 2.45) is 5.10 Å². The van der Waals surface area contributed by atoms with Gasteiger partial charge in [0, 0.05) is 0 Å². The molecule has 2 amide bonds. The number of nitrogens with zero attached hydrogens (tertiary/aromatic N) is 1. The second-order valence-corrected chi connectivity index (χ2v) is 4.75. The van der Waals surface area contributed by atoms with Crippen LogP contribution in [0.25, 0.3) is 0 Å². The van der Waals surface area contributed by atoms with Crippen LogP contribution in [0.4, 0.5) is 10.1 Å². The summed E-state index contributed by atoms with van der Waals surface area (Å²) in [6.07, 6.45) is 1.33. The average molecular weight is 345 g/mol. The predicted octanol–water partition coefficient (Wildman–Crippen LogP) is 1.93. The molecule has 0 unspecified atom stereocenters. The molecule has 25 heavy (non-hydrogen) atoms. The van der Waals surface area contributed by atoms with Crippen LogP contribution in [0, 0.1) is 5.82 Å². The van der Waals surface area contributed by atoms with Crippen molar-refractivity contribution in [1.82, 2.24) is 5.43 Å². The SMILES string of the molecule is COc1ccc(C=NNC(=O)C(=O)Nc2ccccc2F)cc1OC. The molecule has 0 spiro atoms. The summed E-state index contributed by atoms with van der Waals surface area (Å²) in [7, 11) is 3.01. The number of nitrogens with one attached hydrogen (secondary N) is 2. The molecule has 0 atom stereocenters. The van der Waals surface area contributed by atoms with Gasteiger partial charge in [-0.15, -0.1) is 0 Å². The van der Waals surface area contributed by atoms with E-state index in [4.69, 9.17) is 9.47 Å². The van der Waals surface area contributed by atoms with Crippen LogP contribution >= 0.6 is 0 Å². The van der Waals surface area contributed by atoms with E-state index in [2.05, 4.69) is 15.8 Å². The fourth-order valence-corrected chi connectivity index (χ4v) is 1.89. The number of carbonyl (C=O) groups excluding carboxylic acids is 2. The number of amides is 2. The summed E-state index contributed by atoms with van der Waals surface area (Å²) in [5.41, 5.74) is 2.59. The Labute approximate surface area is 143 Å². The maximum atomic E-state index is 13.4. The zero-order valence-electron chi connectivity index (χ0n) is 13.6. The highest BCUT2D eigenvalue weighted by Gasteiger charge is 2.14. The highest BCUT2D eigenvalue weighted by atomic mass is 19.1. The second-order valence-electron chi connectivity index (χ2n) is 4.75. The number of ether oxygens (including phenoxy) is 2. The van der Waals surface area contributed by atoms with Crippen LogP contribution in [-0.4, -0.2) is 32.2 Å². The molecule has 0 saturated heterocycles. The molecule has 8 heteroatoms. The first-order valence-electron chi connectivity index (χ1n) is 7.16. The molecule has 130 valence electrons. The first kappa shape index (κ1) is 17.9. The van der Waals surface area contributed by atoms with Crippen LogP contribution in [0.1, 0.15) is 5.56 Å². The number of hydrazone groups is 1. The molecule has 2 aromatic rings. The zero-order chi connectivity index (χ0) is 18.2. The Bertz CT molecular complexity index is 808. The molecule has 7 nitrogen and oxygen atoms in total. The van der Waals surface area contributed by atoms with Gasteiger partial charge in [-0.25, -0.2) is 9.82 Å². The van der Waals surface area contributed by atoms with Crippen LogP contribution in [0.15, 0.2) is 47.6 Å². The number of methoxy groups -OCH3 is 2. The lowest BCUT2D eigenvalue weighted by atomic mass is 10.2. The van der Waals surface area contributed by atoms with Crippen molar-refractivity contribution >= 4 is 23.7 Å². The van der Waals surface area contributed by atoms with E-state index in [-0.39, 0.29) is 5.69 Å². The van der Waals surface area contributed by atoms with Gasteiger partial charge < -0.3 is 14.8 Å². The van der Waals surface area contributed by atoms with Crippen LogP contribution in [0.3, 0.4) is 0 Å². The first-order chi connectivity index (χ1) is 12.0. The van der Waals surface area contributed by atoms with Gasteiger partial charge in [0.25, 0.3) is 0 Å². The molecule has 2 rings (SSSR count). The fourth-order valence-electron chi connectivity index (χ4n) is 1.89. The molecule has 0 aliphatic heterocycles. The predicted molar refractivity (Wildman–Crippen MR) is 90.3 cm³/mol. The van der Waals surface area contributed by atoms with Gasteiger partial charge in [0.1, 0.15) is 5.82 Å². The van der Waals surface area contributed by atoms with Gasteiger partial charge in [-0.2, -0.15) is 5.10 Å². The van der Waals surface area contributed by atoms with E-state index in [1.54, 1.807) is 18.2 Å². The third kappa shape index (κ3) is 4.77. The van der Waals surface area contributed by atoms with Gasteiger partial charge in [0.15, 0.2) is 11.5 Å². The number of rotatable bonds is 5. The Hall–Kier alpha value is -3.42. The molecule has 0 aromatic heterocycles.